The van der Waals surface area contributed by atoms with Crippen molar-refractivity contribution in [2.45, 2.75) is 128 Å². The van der Waals surface area contributed by atoms with Gasteiger partial charge in [-0.25, -0.2) is 0 Å². The first-order valence-corrected chi connectivity index (χ1v) is 41.6. The quantitative estimate of drug-likeness (QED) is 0.0745. The minimum atomic E-state index is -0.949. The molecule has 0 atom stereocenters. The maximum absolute atomic E-state index is 2.67. The Hall–Kier alpha value is -11.2. The molecule has 19 rings (SSSR count). The largest absolute Gasteiger partial charge is 0.310 e. The first kappa shape index (κ1) is 68.4. The summed E-state index contributed by atoms with van der Waals surface area (Å²) in [5, 5.41) is 9.18. The Morgan fingerprint density at radius 3 is 0.807 bits per heavy atom. The molecule has 3 heteroatoms. The zero-order valence-corrected chi connectivity index (χ0v) is 65.0. The second kappa shape index (κ2) is 26.9. The Morgan fingerprint density at radius 2 is 0.477 bits per heavy atom. The highest BCUT2D eigenvalue weighted by molar-refractivity contribution is 7.79. The minimum absolute atomic E-state index is 0.147. The Labute approximate surface area is 646 Å². The summed E-state index contributed by atoms with van der Waals surface area (Å²) in [6.07, 6.45) is 8.10. The molecule has 0 N–H and O–H groups in total. The van der Waals surface area contributed by atoms with Gasteiger partial charge in [-0.15, -0.1) is 0 Å². The van der Waals surface area contributed by atoms with Crippen LogP contribution in [0.15, 0.2) is 322 Å². The van der Waals surface area contributed by atoms with E-state index in [1.807, 2.05) is 0 Å². The Bertz CT molecular complexity index is 5700. The van der Waals surface area contributed by atoms with E-state index < -0.39 is 7.92 Å². The third-order valence-electron chi connectivity index (χ3n) is 27.0. The van der Waals surface area contributed by atoms with Crippen molar-refractivity contribution in [3.05, 3.63) is 366 Å². The van der Waals surface area contributed by atoms with Crippen molar-refractivity contribution in [1.82, 2.24) is 0 Å². The summed E-state index contributed by atoms with van der Waals surface area (Å²) in [5.41, 5.74) is 34.3. The van der Waals surface area contributed by atoms with E-state index >= 15 is 0 Å². The normalized spacial score (nSPS) is 14.5. The third-order valence-corrected chi connectivity index (χ3v) is 29.4. The Balaban J connectivity index is 0.646. The molecule has 0 radical (unpaired) electrons. The highest BCUT2D eigenvalue weighted by Gasteiger charge is 2.47. The van der Waals surface area contributed by atoms with Crippen molar-refractivity contribution in [2.75, 3.05) is 9.80 Å². The fraction of sp³-hybridized carbons (Fsp3) is 0.189. The molecule has 0 spiro atoms. The lowest BCUT2D eigenvalue weighted by Crippen LogP contribution is -2.27. The van der Waals surface area contributed by atoms with Crippen LogP contribution in [0.1, 0.15) is 151 Å². The zero-order valence-electron chi connectivity index (χ0n) is 64.1. The van der Waals surface area contributed by atoms with Gasteiger partial charge in [0.2, 0.25) is 0 Å². The molecular formula is C106H93N2P. The van der Waals surface area contributed by atoms with Crippen LogP contribution in [0.2, 0.25) is 0 Å². The predicted molar refractivity (Wildman–Crippen MR) is 468 cm³/mol. The number of hydrogen-bond donors (Lipinski definition) is 0. The Kier molecular flexibility index (Phi) is 16.9. The van der Waals surface area contributed by atoms with Gasteiger partial charge in [0.05, 0.1) is 11.4 Å². The van der Waals surface area contributed by atoms with E-state index in [1.54, 1.807) is 0 Å². The van der Waals surface area contributed by atoms with Gasteiger partial charge in [-0.05, 0) is 294 Å². The van der Waals surface area contributed by atoms with Crippen LogP contribution in [0.4, 0.5) is 34.1 Å². The van der Waals surface area contributed by atoms with E-state index in [4.69, 9.17) is 0 Å². The van der Waals surface area contributed by atoms with Crippen LogP contribution < -0.4 is 25.7 Å². The van der Waals surface area contributed by atoms with Crippen molar-refractivity contribution in [1.29, 1.82) is 0 Å². The lowest BCUT2D eigenvalue weighted by Gasteiger charge is -2.32. The zero-order chi connectivity index (χ0) is 73.9. The Morgan fingerprint density at radius 1 is 0.211 bits per heavy atom. The van der Waals surface area contributed by atoms with Gasteiger partial charge in [0.25, 0.3) is 0 Å². The number of benzene rings is 15. The molecule has 0 bridgehead atoms. The molecule has 2 nitrogen and oxygen atoms in total. The fourth-order valence-electron chi connectivity index (χ4n) is 21.1. The average Bonchev–Trinajstić information content (AvgIpc) is 1.57. The predicted octanol–water partition coefficient (Wildman–Crippen LogP) is 28.4. The SMILES string of the molecule is CCC1(CC)c2cc(-c3ccc4c(c3)C(CC)(CC)c3cc(P(c5ccccc5)c5ccc6c(c5)C(CC)(CC)c5cc(-c7ccc8c(c7)C(CC)(CC)c7cc(N(c9ccccc9)c9cccc%10ccccc9%10)ccc7-8)ccc5-6)ccc3-4)ccc2-c2ccc(N(c3ccccc3)c3cccc4ccccc34)cc21. The second-order valence-corrected chi connectivity index (χ2v) is 33.3. The first-order chi connectivity index (χ1) is 53.6. The van der Waals surface area contributed by atoms with E-state index in [9.17, 15) is 0 Å². The lowest BCUT2D eigenvalue weighted by atomic mass is 9.72. The third kappa shape index (κ3) is 10.3. The monoisotopic (exact) mass is 1420 g/mol. The van der Waals surface area contributed by atoms with Crippen LogP contribution in [0.25, 0.3) is 88.3 Å². The lowest BCUT2D eigenvalue weighted by molar-refractivity contribution is 0.490. The summed E-state index contributed by atoms with van der Waals surface area (Å²) in [6, 6.07) is 124. The number of fused-ring (bicyclic) bond motifs is 14. The smallest absolute Gasteiger partial charge is 0.0540 e. The van der Waals surface area contributed by atoms with Gasteiger partial charge in [-0.2, -0.15) is 0 Å². The summed E-state index contributed by atoms with van der Waals surface area (Å²) in [5.74, 6) is 0. The molecule has 4 aliphatic carbocycles. The highest BCUT2D eigenvalue weighted by atomic mass is 31.1. The van der Waals surface area contributed by atoms with Crippen molar-refractivity contribution in [3.63, 3.8) is 0 Å². The summed E-state index contributed by atoms with van der Waals surface area (Å²) in [4.78, 5) is 4.94. The minimum Gasteiger partial charge on any atom is -0.310 e. The van der Waals surface area contributed by atoms with Gasteiger partial charge in [0.15, 0.2) is 0 Å². The molecule has 0 saturated heterocycles. The number of anilines is 6. The molecule has 0 saturated carbocycles. The topological polar surface area (TPSA) is 6.48 Å². The standard InChI is InChI=1S/C106H93N2P/c1-9-103(10-2)93-62-72(46-54-85(93)89-58-50-78(66-97(89)103)107(76-36-20-17-21-37-76)101-44-30-34-70-32-26-28-42-83(70)101)74-48-56-87-91-60-52-81(68-99(91)105(13-5,14-6)95(87)64-74)109(80-40-24-19-25-41-80)82-53-61-92-88-57-49-75(65-96(88)106(15-7,16-8)100(92)69-82)73-47-55-86-90-59-51-79(67-98(90)104(11-3,12-4)94(86)63-73)108(77-38-22-18-23-39-77)102-45-31-35-71-33-27-29-43-84(71)102/h17-69H,9-16H2,1-8H3. The molecule has 0 amide bonds. The van der Waals surface area contributed by atoms with E-state index in [1.165, 1.54) is 171 Å². The number of para-hydroxylation sites is 2. The van der Waals surface area contributed by atoms with Crippen LogP contribution in [-0.4, -0.2) is 0 Å². The van der Waals surface area contributed by atoms with Crippen molar-refractivity contribution < 1.29 is 0 Å². The molecule has 0 unspecified atom stereocenters. The summed E-state index contributed by atoms with van der Waals surface area (Å²) >= 11 is 0. The molecular weight excluding hydrogens is 1330 g/mol. The van der Waals surface area contributed by atoms with Gasteiger partial charge in [-0.1, -0.05) is 280 Å². The van der Waals surface area contributed by atoms with Crippen LogP contribution in [0.5, 0.6) is 0 Å². The van der Waals surface area contributed by atoms with Crippen LogP contribution in [0.3, 0.4) is 0 Å². The van der Waals surface area contributed by atoms with Gasteiger partial charge >= 0.3 is 0 Å². The number of nitrogens with zero attached hydrogens (tertiary/aromatic N) is 2. The molecule has 532 valence electrons. The van der Waals surface area contributed by atoms with Gasteiger partial charge in [0, 0.05) is 55.2 Å². The molecule has 0 aliphatic heterocycles. The molecule has 4 aliphatic rings. The van der Waals surface area contributed by atoms with Gasteiger partial charge < -0.3 is 9.80 Å². The second-order valence-electron chi connectivity index (χ2n) is 31.1. The number of hydrogen-bond acceptors (Lipinski definition) is 2. The van der Waals surface area contributed by atoms with E-state index in [-0.39, 0.29) is 21.7 Å². The van der Waals surface area contributed by atoms with Crippen molar-refractivity contribution >= 4 is 79.5 Å². The maximum atomic E-state index is 2.67. The van der Waals surface area contributed by atoms with E-state index in [0.29, 0.717) is 0 Å². The first-order valence-electron chi connectivity index (χ1n) is 40.3. The fourth-order valence-corrected chi connectivity index (χ4v) is 23.4. The molecule has 0 aromatic heterocycles. The van der Waals surface area contributed by atoms with Crippen LogP contribution in [-0.2, 0) is 21.7 Å². The van der Waals surface area contributed by atoms with Crippen molar-refractivity contribution in [3.8, 4) is 66.8 Å². The van der Waals surface area contributed by atoms with Crippen molar-refractivity contribution in [2.24, 2.45) is 0 Å². The van der Waals surface area contributed by atoms with Crippen LogP contribution in [0, 0.1) is 0 Å². The summed E-state index contributed by atoms with van der Waals surface area (Å²) in [7, 11) is -0.949. The maximum Gasteiger partial charge on any atom is 0.0540 e. The van der Waals surface area contributed by atoms with Gasteiger partial charge in [-0.3, -0.25) is 0 Å². The highest BCUT2D eigenvalue weighted by Crippen LogP contribution is 2.61. The van der Waals surface area contributed by atoms with E-state index in [0.717, 1.165) is 62.7 Å². The van der Waals surface area contributed by atoms with Crippen LogP contribution >= 0.6 is 7.92 Å². The summed E-state index contributed by atoms with van der Waals surface area (Å²) in [6.45, 7) is 19.4. The molecule has 15 aromatic carbocycles. The molecule has 0 heterocycles. The summed E-state index contributed by atoms with van der Waals surface area (Å²) < 4.78 is 0. The molecule has 0 fully saturated rings. The van der Waals surface area contributed by atoms with E-state index in [2.05, 4.69) is 387 Å². The molecule has 109 heavy (non-hydrogen) atoms. The molecule has 15 aromatic rings. The number of rotatable bonds is 19. The van der Waals surface area contributed by atoms with Gasteiger partial charge in [0.1, 0.15) is 0 Å². The average molecular weight is 1430 g/mol.